The fourth-order valence-electron chi connectivity index (χ4n) is 1.81. The summed E-state index contributed by atoms with van der Waals surface area (Å²) in [4.78, 5) is 11.7. The van der Waals surface area contributed by atoms with Crippen molar-refractivity contribution in [3.05, 3.63) is 30.1 Å². The minimum atomic E-state index is -0.305. The van der Waals surface area contributed by atoms with Crippen molar-refractivity contribution < 1.29 is 9.18 Å². The molecule has 0 aliphatic heterocycles. The van der Waals surface area contributed by atoms with E-state index in [0.717, 1.165) is 6.42 Å². The highest BCUT2D eigenvalue weighted by Gasteiger charge is 2.05. The molecule has 0 aromatic heterocycles. The molecule has 0 radical (unpaired) electrons. The molecular formula is C15H23FN2O. The van der Waals surface area contributed by atoms with Crippen molar-refractivity contribution >= 4 is 11.6 Å². The lowest BCUT2D eigenvalue weighted by Gasteiger charge is -2.13. The lowest BCUT2D eigenvalue weighted by molar-refractivity contribution is -0.115. The molecule has 0 heterocycles. The van der Waals surface area contributed by atoms with Crippen molar-refractivity contribution in [2.24, 2.45) is 0 Å². The lowest BCUT2D eigenvalue weighted by Crippen LogP contribution is -2.34. The van der Waals surface area contributed by atoms with Gasteiger partial charge in [0.2, 0.25) is 5.91 Å². The zero-order valence-electron chi connectivity index (χ0n) is 11.7. The monoisotopic (exact) mass is 266 g/mol. The number of nitrogens with one attached hydrogen (secondary N) is 2. The summed E-state index contributed by atoms with van der Waals surface area (Å²) in [6.07, 6.45) is 4.70. The second-order valence-electron chi connectivity index (χ2n) is 4.83. The maximum Gasteiger partial charge on any atom is 0.238 e. The summed E-state index contributed by atoms with van der Waals surface area (Å²) in [6, 6.07) is 6.10. The van der Waals surface area contributed by atoms with Crippen LogP contribution in [0.3, 0.4) is 0 Å². The molecule has 0 saturated heterocycles. The molecule has 0 aliphatic rings. The highest BCUT2D eigenvalue weighted by Crippen LogP contribution is 2.08. The first kappa shape index (κ1) is 15.6. The highest BCUT2D eigenvalue weighted by molar-refractivity contribution is 5.92. The predicted molar refractivity (Wildman–Crippen MR) is 76.6 cm³/mol. The summed E-state index contributed by atoms with van der Waals surface area (Å²) in [6.45, 7) is 4.54. The molecule has 1 aromatic carbocycles. The Morgan fingerprint density at radius 3 is 2.58 bits per heavy atom. The Labute approximate surface area is 114 Å². The maximum absolute atomic E-state index is 12.7. The van der Waals surface area contributed by atoms with E-state index >= 15 is 0 Å². The van der Waals surface area contributed by atoms with Crippen LogP contribution in [-0.2, 0) is 4.79 Å². The Bertz CT molecular complexity index is 378. The van der Waals surface area contributed by atoms with Gasteiger partial charge >= 0.3 is 0 Å². The van der Waals surface area contributed by atoms with Crippen molar-refractivity contribution in [1.29, 1.82) is 0 Å². The first-order valence-electron chi connectivity index (χ1n) is 6.90. The molecule has 0 fully saturated rings. The van der Waals surface area contributed by atoms with Crippen molar-refractivity contribution in [2.75, 3.05) is 11.9 Å². The Hall–Kier alpha value is -1.42. The first-order valence-corrected chi connectivity index (χ1v) is 6.90. The number of anilines is 1. The number of carbonyl (C=O) groups is 1. The summed E-state index contributed by atoms with van der Waals surface area (Å²) in [7, 11) is 0. The number of hydrogen-bond donors (Lipinski definition) is 2. The van der Waals surface area contributed by atoms with Gasteiger partial charge in [0.05, 0.1) is 6.54 Å². The van der Waals surface area contributed by atoms with Crippen LogP contribution in [0.4, 0.5) is 10.1 Å². The average Bonchev–Trinajstić information content (AvgIpc) is 2.39. The SMILES string of the molecule is CCCCCC(C)NCC(=O)Nc1ccc(F)cc1. The summed E-state index contributed by atoms with van der Waals surface area (Å²) < 4.78 is 12.7. The Kier molecular flexibility index (Phi) is 7.11. The van der Waals surface area contributed by atoms with Crippen LogP contribution in [0, 0.1) is 5.82 Å². The fourth-order valence-corrected chi connectivity index (χ4v) is 1.81. The Morgan fingerprint density at radius 1 is 1.26 bits per heavy atom. The third-order valence-electron chi connectivity index (χ3n) is 2.98. The molecule has 106 valence electrons. The van der Waals surface area contributed by atoms with Gasteiger partial charge in [0.1, 0.15) is 5.82 Å². The third-order valence-corrected chi connectivity index (χ3v) is 2.98. The standard InChI is InChI=1S/C15H23FN2O/c1-3-4-5-6-12(2)17-11-15(19)18-14-9-7-13(16)8-10-14/h7-10,12,17H,3-6,11H2,1-2H3,(H,18,19). The van der Waals surface area contributed by atoms with Gasteiger partial charge in [-0.15, -0.1) is 0 Å². The smallest absolute Gasteiger partial charge is 0.238 e. The predicted octanol–water partition coefficient (Wildman–Crippen LogP) is 3.32. The van der Waals surface area contributed by atoms with E-state index in [9.17, 15) is 9.18 Å². The topological polar surface area (TPSA) is 41.1 Å². The van der Waals surface area contributed by atoms with E-state index in [4.69, 9.17) is 0 Å². The average molecular weight is 266 g/mol. The number of hydrogen-bond acceptors (Lipinski definition) is 2. The quantitative estimate of drug-likeness (QED) is 0.709. The number of rotatable bonds is 8. The fraction of sp³-hybridized carbons (Fsp3) is 0.533. The highest BCUT2D eigenvalue weighted by atomic mass is 19.1. The normalized spacial score (nSPS) is 12.2. The van der Waals surface area contributed by atoms with Crippen LogP contribution in [0.1, 0.15) is 39.5 Å². The van der Waals surface area contributed by atoms with Gasteiger partial charge < -0.3 is 10.6 Å². The van der Waals surface area contributed by atoms with Crippen LogP contribution in [0.5, 0.6) is 0 Å². The van der Waals surface area contributed by atoms with Gasteiger partial charge in [-0.05, 0) is 37.6 Å². The van der Waals surface area contributed by atoms with Crippen LogP contribution < -0.4 is 10.6 Å². The van der Waals surface area contributed by atoms with E-state index in [1.165, 1.54) is 31.4 Å². The molecule has 0 saturated carbocycles. The first-order chi connectivity index (χ1) is 9.11. The molecule has 0 bridgehead atoms. The van der Waals surface area contributed by atoms with Gasteiger partial charge in [-0.1, -0.05) is 26.2 Å². The largest absolute Gasteiger partial charge is 0.325 e. The van der Waals surface area contributed by atoms with Crippen LogP contribution in [0.25, 0.3) is 0 Å². The van der Waals surface area contributed by atoms with Gasteiger partial charge in [-0.2, -0.15) is 0 Å². The molecule has 1 aromatic rings. The molecule has 3 nitrogen and oxygen atoms in total. The van der Waals surface area contributed by atoms with Crippen molar-refractivity contribution in [3.63, 3.8) is 0 Å². The van der Waals surface area contributed by atoms with Gasteiger partial charge in [0.15, 0.2) is 0 Å². The van der Waals surface area contributed by atoms with E-state index in [0.29, 0.717) is 11.7 Å². The molecule has 1 atom stereocenters. The molecule has 1 unspecified atom stereocenters. The molecule has 4 heteroatoms. The Balaban J connectivity index is 2.22. The van der Waals surface area contributed by atoms with Crippen molar-refractivity contribution in [2.45, 2.75) is 45.6 Å². The minimum Gasteiger partial charge on any atom is -0.325 e. The maximum atomic E-state index is 12.7. The minimum absolute atomic E-state index is 0.103. The van der Waals surface area contributed by atoms with E-state index in [1.807, 2.05) is 0 Å². The van der Waals surface area contributed by atoms with E-state index in [-0.39, 0.29) is 18.3 Å². The summed E-state index contributed by atoms with van der Waals surface area (Å²) in [5.41, 5.74) is 0.617. The van der Waals surface area contributed by atoms with Crippen LogP contribution >= 0.6 is 0 Å². The second kappa shape index (κ2) is 8.64. The Morgan fingerprint density at radius 2 is 1.95 bits per heavy atom. The van der Waals surface area contributed by atoms with Crippen LogP contribution in [0.15, 0.2) is 24.3 Å². The molecule has 0 spiro atoms. The molecule has 1 amide bonds. The van der Waals surface area contributed by atoms with Gasteiger partial charge in [-0.3, -0.25) is 4.79 Å². The van der Waals surface area contributed by atoms with E-state index in [2.05, 4.69) is 24.5 Å². The summed E-state index contributed by atoms with van der Waals surface area (Å²) in [5.74, 6) is -0.408. The second-order valence-corrected chi connectivity index (χ2v) is 4.83. The number of unbranched alkanes of at least 4 members (excludes halogenated alkanes) is 2. The third kappa shape index (κ3) is 6.91. The molecule has 19 heavy (non-hydrogen) atoms. The summed E-state index contributed by atoms with van der Waals surface area (Å²) in [5, 5.41) is 5.91. The van der Waals surface area contributed by atoms with Crippen molar-refractivity contribution in [3.8, 4) is 0 Å². The zero-order valence-corrected chi connectivity index (χ0v) is 11.7. The van der Waals surface area contributed by atoms with E-state index < -0.39 is 0 Å². The van der Waals surface area contributed by atoms with Crippen LogP contribution in [0.2, 0.25) is 0 Å². The summed E-state index contributed by atoms with van der Waals surface area (Å²) >= 11 is 0. The molecule has 0 aliphatic carbocycles. The number of benzene rings is 1. The van der Waals surface area contributed by atoms with Crippen molar-refractivity contribution in [1.82, 2.24) is 5.32 Å². The number of halogens is 1. The van der Waals surface area contributed by atoms with E-state index in [1.54, 1.807) is 12.1 Å². The lowest BCUT2D eigenvalue weighted by atomic mass is 10.1. The zero-order chi connectivity index (χ0) is 14.1. The van der Waals surface area contributed by atoms with Gasteiger partial charge in [0.25, 0.3) is 0 Å². The van der Waals surface area contributed by atoms with Gasteiger partial charge in [-0.25, -0.2) is 4.39 Å². The molecule has 2 N–H and O–H groups in total. The van der Waals surface area contributed by atoms with Crippen LogP contribution in [-0.4, -0.2) is 18.5 Å². The van der Waals surface area contributed by atoms with Gasteiger partial charge in [0, 0.05) is 11.7 Å². The molecular weight excluding hydrogens is 243 g/mol. The molecule has 1 rings (SSSR count). The number of carbonyl (C=O) groups excluding carboxylic acids is 1. The number of amides is 1.